The van der Waals surface area contributed by atoms with Crippen LogP contribution < -0.4 is 10.2 Å². The number of carboxylic acids is 1. The van der Waals surface area contributed by atoms with Gasteiger partial charge in [-0.05, 0) is 38.0 Å². The van der Waals surface area contributed by atoms with Gasteiger partial charge in [0.1, 0.15) is 11.9 Å². The van der Waals surface area contributed by atoms with E-state index in [0.717, 1.165) is 23.8 Å². The second-order valence-electron chi connectivity index (χ2n) is 8.19. The van der Waals surface area contributed by atoms with Gasteiger partial charge in [-0.15, -0.1) is 0 Å². The predicted octanol–water partition coefficient (Wildman–Crippen LogP) is 3.59. The Bertz CT molecular complexity index is 1200. The van der Waals surface area contributed by atoms with Crippen molar-refractivity contribution in [2.24, 2.45) is 0 Å². The number of nitrogens with one attached hydrogen (secondary N) is 1. The van der Waals surface area contributed by atoms with Gasteiger partial charge < -0.3 is 10.4 Å². The van der Waals surface area contributed by atoms with E-state index in [-0.39, 0.29) is 17.8 Å². The van der Waals surface area contributed by atoms with Crippen molar-refractivity contribution >= 4 is 23.6 Å². The number of anilines is 1. The third kappa shape index (κ3) is 4.06. The molecular weight excluding hydrogens is 453 g/mol. The van der Waals surface area contributed by atoms with Crippen LogP contribution in [-0.2, 0) is 17.5 Å². The largest absolute Gasteiger partial charge is 0.476 e. The summed E-state index contributed by atoms with van der Waals surface area (Å²) in [5.74, 6) is -2.97. The molecule has 34 heavy (non-hydrogen) atoms. The summed E-state index contributed by atoms with van der Waals surface area (Å²) >= 11 is 0. The molecule has 0 spiro atoms. The van der Waals surface area contributed by atoms with E-state index < -0.39 is 41.5 Å². The number of carbonyl (C=O) groups excluding carboxylic acids is 2. The number of aromatic nitrogens is 2. The first-order valence-electron chi connectivity index (χ1n) is 10.9. The Kier molecular flexibility index (Phi) is 5.96. The number of carboxylic acid groups (broad SMARTS) is 1. The van der Waals surface area contributed by atoms with Gasteiger partial charge in [-0.2, -0.15) is 18.3 Å². The number of alkyl halides is 3. The maximum absolute atomic E-state index is 13.5. The van der Waals surface area contributed by atoms with Crippen molar-refractivity contribution in [1.82, 2.24) is 15.1 Å². The molecule has 2 atom stereocenters. The fourth-order valence-corrected chi connectivity index (χ4v) is 4.37. The van der Waals surface area contributed by atoms with Gasteiger partial charge in [0.2, 0.25) is 0 Å². The van der Waals surface area contributed by atoms with Crippen molar-refractivity contribution in [1.29, 1.82) is 0 Å². The topological polar surface area (TPSA) is 105 Å². The molecule has 2 amide bonds. The molecule has 1 aliphatic carbocycles. The highest BCUT2D eigenvalue weighted by atomic mass is 19.4. The molecule has 8 nitrogen and oxygen atoms in total. The van der Waals surface area contributed by atoms with E-state index in [9.17, 15) is 32.7 Å². The Morgan fingerprint density at radius 3 is 2.53 bits per heavy atom. The quantitative estimate of drug-likeness (QED) is 0.595. The summed E-state index contributed by atoms with van der Waals surface area (Å²) in [6.45, 7) is 4.21. The maximum Gasteiger partial charge on any atom is 0.416 e. The zero-order valence-corrected chi connectivity index (χ0v) is 18.5. The summed E-state index contributed by atoms with van der Waals surface area (Å²) in [5, 5.41) is 16.6. The van der Waals surface area contributed by atoms with E-state index in [0.29, 0.717) is 30.8 Å². The molecule has 2 aromatic rings. The van der Waals surface area contributed by atoms with E-state index in [4.69, 9.17) is 0 Å². The summed E-state index contributed by atoms with van der Waals surface area (Å²) < 4.78 is 40.8. The lowest BCUT2D eigenvalue weighted by Crippen LogP contribution is -2.55. The molecule has 1 aromatic carbocycles. The van der Waals surface area contributed by atoms with Crippen molar-refractivity contribution in [3.63, 3.8) is 0 Å². The number of nitrogens with zero attached hydrogens (tertiary/aromatic N) is 3. The molecule has 1 aromatic heterocycles. The van der Waals surface area contributed by atoms with E-state index >= 15 is 0 Å². The number of carbonyl (C=O) groups is 3. The fourth-order valence-electron chi connectivity index (χ4n) is 4.37. The maximum atomic E-state index is 13.5. The summed E-state index contributed by atoms with van der Waals surface area (Å²) in [5.41, 5.74) is -0.326. The van der Waals surface area contributed by atoms with Crippen LogP contribution in [-0.4, -0.2) is 45.3 Å². The highest BCUT2D eigenvalue weighted by Crippen LogP contribution is 2.47. The highest BCUT2D eigenvalue weighted by Gasteiger charge is 2.48. The molecule has 2 aliphatic rings. The Labute approximate surface area is 193 Å². The van der Waals surface area contributed by atoms with E-state index in [1.54, 1.807) is 6.92 Å². The number of benzene rings is 1. The van der Waals surface area contributed by atoms with Gasteiger partial charge in [-0.25, -0.2) is 9.48 Å². The van der Waals surface area contributed by atoms with Crippen LogP contribution in [0.15, 0.2) is 35.9 Å². The molecule has 0 radical (unpaired) electrons. The molecule has 180 valence electrons. The lowest BCUT2D eigenvalue weighted by Gasteiger charge is -2.37. The molecule has 4 rings (SSSR count). The van der Waals surface area contributed by atoms with Crippen LogP contribution in [0.5, 0.6) is 0 Å². The molecule has 0 saturated heterocycles. The smallest absolute Gasteiger partial charge is 0.416 e. The number of rotatable bonds is 7. The molecule has 0 saturated carbocycles. The number of allylic oxidation sites excluding steroid dienone is 1. The standard InChI is InChI=1S/C23H23F3N4O4/c1-3-10-30-20-16(18(28-30)22(33)34)15(12-8-9-12)17(21(32)29(20)4-2)27-19(31)13-6-5-7-14(11-13)23(24,25)26/h5-8,11,15,17H,3-4,9-10H2,1-2H3,(H,27,31)(H,33,34)/t15-,17-/m0/s1. The third-order valence-corrected chi connectivity index (χ3v) is 5.93. The normalized spacial score (nSPS) is 19.5. The van der Waals surface area contributed by atoms with Crippen LogP contribution in [0, 0.1) is 0 Å². The number of amides is 2. The van der Waals surface area contributed by atoms with E-state index in [2.05, 4.69) is 10.4 Å². The van der Waals surface area contributed by atoms with E-state index in [1.165, 1.54) is 15.6 Å². The minimum Gasteiger partial charge on any atom is -0.476 e. The lowest BCUT2D eigenvalue weighted by molar-refractivity contribution is -0.137. The van der Waals surface area contributed by atoms with Gasteiger partial charge in [0.25, 0.3) is 11.8 Å². The van der Waals surface area contributed by atoms with Crippen molar-refractivity contribution in [2.45, 2.75) is 51.4 Å². The summed E-state index contributed by atoms with van der Waals surface area (Å²) in [6.07, 6.45) is -1.61. The Morgan fingerprint density at radius 2 is 1.97 bits per heavy atom. The van der Waals surface area contributed by atoms with Crippen LogP contribution in [0.4, 0.5) is 19.0 Å². The van der Waals surface area contributed by atoms with Gasteiger partial charge in [0, 0.05) is 30.1 Å². The van der Waals surface area contributed by atoms with Crippen molar-refractivity contribution < 1.29 is 32.7 Å². The van der Waals surface area contributed by atoms with Crippen LogP contribution >= 0.6 is 0 Å². The zero-order chi connectivity index (χ0) is 24.8. The lowest BCUT2D eigenvalue weighted by atomic mass is 9.83. The minimum atomic E-state index is -4.63. The van der Waals surface area contributed by atoms with Gasteiger partial charge in [0.05, 0.1) is 5.56 Å². The highest BCUT2D eigenvalue weighted by molar-refractivity contribution is 6.06. The molecule has 1 aliphatic heterocycles. The Morgan fingerprint density at radius 1 is 1.26 bits per heavy atom. The summed E-state index contributed by atoms with van der Waals surface area (Å²) in [6, 6.07) is 2.75. The number of hydrogen-bond acceptors (Lipinski definition) is 4. The van der Waals surface area contributed by atoms with Crippen LogP contribution in [0.3, 0.4) is 0 Å². The molecule has 11 heteroatoms. The van der Waals surface area contributed by atoms with E-state index in [1.807, 2.05) is 13.0 Å². The third-order valence-electron chi connectivity index (χ3n) is 5.93. The second-order valence-corrected chi connectivity index (χ2v) is 8.19. The summed E-state index contributed by atoms with van der Waals surface area (Å²) in [7, 11) is 0. The van der Waals surface area contributed by atoms with Crippen molar-refractivity contribution in [3.8, 4) is 0 Å². The first kappa shape index (κ1) is 23.5. The molecule has 0 fully saturated rings. The van der Waals surface area contributed by atoms with Gasteiger partial charge in [-0.1, -0.05) is 24.6 Å². The van der Waals surface area contributed by atoms with Gasteiger partial charge in [-0.3, -0.25) is 14.5 Å². The number of aryl methyl sites for hydroxylation is 1. The molecule has 0 bridgehead atoms. The number of fused-ring (bicyclic) bond motifs is 1. The molecule has 2 N–H and O–H groups in total. The second kappa shape index (κ2) is 8.62. The van der Waals surface area contributed by atoms with Crippen LogP contribution in [0.1, 0.15) is 64.6 Å². The first-order chi connectivity index (χ1) is 16.1. The molecule has 0 unspecified atom stereocenters. The van der Waals surface area contributed by atoms with Gasteiger partial charge in [0.15, 0.2) is 5.69 Å². The molecule has 2 heterocycles. The fraction of sp³-hybridized carbons (Fsp3) is 0.391. The van der Waals surface area contributed by atoms with Gasteiger partial charge >= 0.3 is 12.1 Å². The van der Waals surface area contributed by atoms with Crippen LogP contribution in [0.25, 0.3) is 0 Å². The Balaban J connectivity index is 1.78. The molecular formula is C23H23F3N4O4. The average Bonchev–Trinajstić information content (AvgIpc) is 3.55. The average molecular weight is 476 g/mol. The minimum absolute atomic E-state index is 0.196. The first-order valence-corrected chi connectivity index (χ1v) is 10.9. The number of halogens is 3. The number of likely N-dealkylation sites (N-methyl/N-ethyl adjacent to an activating group) is 1. The zero-order valence-electron chi connectivity index (χ0n) is 18.5. The predicted molar refractivity (Wildman–Crippen MR) is 116 cm³/mol. The SMILES string of the molecule is CCCn1nc(C(=O)O)c2c1N(CC)C(=O)[C@@H](NC(=O)c1cccc(C(F)(F)F)c1)[C@H]2C1=CC1. The van der Waals surface area contributed by atoms with Crippen molar-refractivity contribution in [2.75, 3.05) is 11.4 Å². The Hall–Kier alpha value is -3.63. The number of aromatic carboxylic acids is 1. The van der Waals surface area contributed by atoms with Crippen LogP contribution in [0.2, 0.25) is 0 Å². The summed E-state index contributed by atoms with van der Waals surface area (Å²) in [4.78, 5) is 39.9. The monoisotopic (exact) mass is 476 g/mol. The number of hydrogen-bond donors (Lipinski definition) is 2. The van der Waals surface area contributed by atoms with Crippen molar-refractivity contribution in [3.05, 3.63) is 58.3 Å².